The summed E-state index contributed by atoms with van der Waals surface area (Å²) in [4.78, 5) is 9.62. The number of imidazole rings is 1. The Bertz CT molecular complexity index is 629. The number of hydrogen-bond donors (Lipinski definition) is 1. The number of aromatic amines is 1. The van der Waals surface area contributed by atoms with Crippen molar-refractivity contribution < 1.29 is 13.5 Å². The van der Waals surface area contributed by atoms with Gasteiger partial charge in [0.1, 0.15) is 11.9 Å². The van der Waals surface area contributed by atoms with Crippen LogP contribution in [0.1, 0.15) is 23.2 Å². The molecule has 0 amide bonds. The summed E-state index contributed by atoms with van der Waals surface area (Å²) in [6, 6.07) is 4.02. The van der Waals surface area contributed by atoms with Crippen LogP contribution in [-0.2, 0) is 11.3 Å². The molecule has 2 heterocycles. The number of halogens is 2. The van der Waals surface area contributed by atoms with E-state index in [9.17, 15) is 8.78 Å². The SMILES string of the molecule is Cc1cnc(C2CN(Cc3ccc(F)c(F)c3)CCO2)[nH]1. The monoisotopic (exact) mass is 293 g/mol. The largest absolute Gasteiger partial charge is 0.368 e. The van der Waals surface area contributed by atoms with Crippen LogP contribution in [0.5, 0.6) is 0 Å². The highest BCUT2D eigenvalue weighted by Crippen LogP contribution is 2.21. The third-order valence-corrected chi connectivity index (χ3v) is 3.57. The first-order valence-corrected chi connectivity index (χ1v) is 6.91. The van der Waals surface area contributed by atoms with E-state index in [1.54, 1.807) is 12.3 Å². The van der Waals surface area contributed by atoms with Gasteiger partial charge in [-0.2, -0.15) is 0 Å². The lowest BCUT2D eigenvalue weighted by Gasteiger charge is -2.32. The molecule has 1 unspecified atom stereocenters. The second kappa shape index (κ2) is 5.91. The Labute approximate surface area is 121 Å². The van der Waals surface area contributed by atoms with Crippen LogP contribution in [0.2, 0.25) is 0 Å². The van der Waals surface area contributed by atoms with Gasteiger partial charge in [-0.25, -0.2) is 13.8 Å². The highest BCUT2D eigenvalue weighted by molar-refractivity contribution is 5.18. The molecule has 1 aromatic carbocycles. The first-order chi connectivity index (χ1) is 10.1. The van der Waals surface area contributed by atoms with Crippen molar-refractivity contribution in [2.75, 3.05) is 19.7 Å². The zero-order valence-corrected chi connectivity index (χ0v) is 11.8. The number of morpholine rings is 1. The van der Waals surface area contributed by atoms with Crippen LogP contribution >= 0.6 is 0 Å². The lowest BCUT2D eigenvalue weighted by atomic mass is 10.1. The third kappa shape index (κ3) is 3.28. The fraction of sp³-hybridized carbons (Fsp3) is 0.400. The van der Waals surface area contributed by atoms with E-state index in [2.05, 4.69) is 14.9 Å². The molecule has 0 aliphatic carbocycles. The molecule has 1 aliphatic heterocycles. The summed E-state index contributed by atoms with van der Waals surface area (Å²) in [5.41, 5.74) is 1.75. The summed E-state index contributed by atoms with van der Waals surface area (Å²) in [5, 5.41) is 0. The Balaban J connectivity index is 1.67. The molecule has 6 heteroatoms. The fourth-order valence-electron chi connectivity index (χ4n) is 2.50. The Morgan fingerprint density at radius 2 is 2.24 bits per heavy atom. The van der Waals surface area contributed by atoms with Crippen molar-refractivity contribution in [3.8, 4) is 0 Å². The van der Waals surface area contributed by atoms with Gasteiger partial charge in [0.25, 0.3) is 0 Å². The molecule has 21 heavy (non-hydrogen) atoms. The maximum atomic E-state index is 13.2. The maximum absolute atomic E-state index is 13.2. The van der Waals surface area contributed by atoms with E-state index >= 15 is 0 Å². The number of H-pyrrole nitrogens is 1. The van der Waals surface area contributed by atoms with Gasteiger partial charge < -0.3 is 9.72 Å². The number of benzene rings is 1. The van der Waals surface area contributed by atoms with Gasteiger partial charge in [0.2, 0.25) is 0 Å². The lowest BCUT2D eigenvalue weighted by molar-refractivity contribution is -0.0369. The standard InChI is InChI=1S/C15H17F2N3O/c1-10-7-18-15(19-10)14-9-20(4-5-21-14)8-11-2-3-12(16)13(17)6-11/h2-3,6-7,14H,4-5,8-9H2,1H3,(H,18,19). The molecule has 4 nitrogen and oxygen atoms in total. The minimum Gasteiger partial charge on any atom is -0.368 e. The van der Waals surface area contributed by atoms with E-state index in [-0.39, 0.29) is 6.10 Å². The van der Waals surface area contributed by atoms with Crippen molar-refractivity contribution >= 4 is 0 Å². The zero-order chi connectivity index (χ0) is 14.8. The van der Waals surface area contributed by atoms with Crippen molar-refractivity contribution in [1.29, 1.82) is 0 Å². The Morgan fingerprint density at radius 3 is 2.95 bits per heavy atom. The highest BCUT2D eigenvalue weighted by Gasteiger charge is 2.24. The molecule has 1 N–H and O–H groups in total. The highest BCUT2D eigenvalue weighted by atomic mass is 19.2. The van der Waals surface area contributed by atoms with Gasteiger partial charge in [-0.3, -0.25) is 4.90 Å². The van der Waals surface area contributed by atoms with E-state index in [1.807, 2.05) is 6.92 Å². The van der Waals surface area contributed by atoms with Crippen molar-refractivity contribution in [2.24, 2.45) is 0 Å². The van der Waals surface area contributed by atoms with Gasteiger partial charge in [0, 0.05) is 31.5 Å². The molecule has 112 valence electrons. The molecule has 3 rings (SSSR count). The topological polar surface area (TPSA) is 41.2 Å². The van der Waals surface area contributed by atoms with Crippen LogP contribution < -0.4 is 0 Å². The molecule has 0 saturated carbocycles. The second-order valence-corrected chi connectivity index (χ2v) is 5.29. The van der Waals surface area contributed by atoms with E-state index < -0.39 is 11.6 Å². The van der Waals surface area contributed by atoms with Crippen LogP contribution in [-0.4, -0.2) is 34.6 Å². The van der Waals surface area contributed by atoms with Crippen LogP contribution in [0.15, 0.2) is 24.4 Å². The van der Waals surface area contributed by atoms with Crippen LogP contribution in [0, 0.1) is 18.6 Å². The van der Waals surface area contributed by atoms with Gasteiger partial charge in [-0.1, -0.05) is 6.07 Å². The third-order valence-electron chi connectivity index (χ3n) is 3.57. The average molecular weight is 293 g/mol. The molecule has 1 aromatic heterocycles. The van der Waals surface area contributed by atoms with Gasteiger partial charge in [0.15, 0.2) is 11.6 Å². The number of ether oxygens (including phenoxy) is 1. The van der Waals surface area contributed by atoms with Gasteiger partial charge in [-0.15, -0.1) is 0 Å². The summed E-state index contributed by atoms with van der Waals surface area (Å²) < 4.78 is 31.9. The van der Waals surface area contributed by atoms with Gasteiger partial charge in [-0.05, 0) is 24.6 Å². The first-order valence-electron chi connectivity index (χ1n) is 6.91. The Kier molecular flexibility index (Phi) is 3.98. The number of hydrogen-bond acceptors (Lipinski definition) is 3. The predicted molar refractivity (Wildman–Crippen MR) is 73.7 cm³/mol. The summed E-state index contributed by atoms with van der Waals surface area (Å²) in [5.74, 6) is -0.814. The van der Waals surface area contributed by atoms with E-state index in [0.717, 1.165) is 23.6 Å². The minimum atomic E-state index is -0.815. The summed E-state index contributed by atoms with van der Waals surface area (Å²) in [6.07, 6.45) is 1.66. The summed E-state index contributed by atoms with van der Waals surface area (Å²) in [6.45, 7) is 4.53. The van der Waals surface area contributed by atoms with Crippen molar-refractivity contribution in [3.63, 3.8) is 0 Å². The lowest BCUT2D eigenvalue weighted by Crippen LogP contribution is -2.38. The van der Waals surface area contributed by atoms with Gasteiger partial charge in [0.05, 0.1) is 6.61 Å². The number of rotatable bonds is 3. The van der Waals surface area contributed by atoms with Crippen LogP contribution in [0.3, 0.4) is 0 Å². The van der Waals surface area contributed by atoms with Gasteiger partial charge >= 0.3 is 0 Å². The molecular formula is C15H17F2N3O. The first kappa shape index (κ1) is 14.2. The molecule has 1 saturated heterocycles. The number of nitrogens with zero attached hydrogens (tertiary/aromatic N) is 2. The van der Waals surface area contributed by atoms with Crippen molar-refractivity contribution in [1.82, 2.24) is 14.9 Å². The fourth-order valence-corrected chi connectivity index (χ4v) is 2.50. The Morgan fingerprint density at radius 1 is 1.38 bits per heavy atom. The molecule has 2 aromatic rings. The normalized spacial score (nSPS) is 19.9. The van der Waals surface area contributed by atoms with Crippen LogP contribution in [0.25, 0.3) is 0 Å². The van der Waals surface area contributed by atoms with E-state index in [1.165, 1.54) is 12.1 Å². The molecule has 1 atom stereocenters. The van der Waals surface area contributed by atoms with Crippen LogP contribution in [0.4, 0.5) is 8.78 Å². The quantitative estimate of drug-likeness (QED) is 0.945. The number of nitrogens with one attached hydrogen (secondary N) is 1. The van der Waals surface area contributed by atoms with Crippen molar-refractivity contribution in [3.05, 3.63) is 53.1 Å². The molecule has 1 fully saturated rings. The zero-order valence-electron chi connectivity index (χ0n) is 11.8. The summed E-state index contributed by atoms with van der Waals surface area (Å²) in [7, 11) is 0. The average Bonchev–Trinajstić information content (AvgIpc) is 2.90. The maximum Gasteiger partial charge on any atom is 0.159 e. The molecular weight excluding hydrogens is 276 g/mol. The predicted octanol–water partition coefficient (Wildman–Crippen LogP) is 2.57. The van der Waals surface area contributed by atoms with E-state index in [4.69, 9.17) is 4.74 Å². The minimum absolute atomic E-state index is 0.113. The van der Waals surface area contributed by atoms with Crippen molar-refractivity contribution in [2.45, 2.75) is 19.6 Å². The Hall–Kier alpha value is -1.79. The smallest absolute Gasteiger partial charge is 0.159 e. The second-order valence-electron chi connectivity index (χ2n) is 5.29. The molecule has 1 aliphatic rings. The molecule has 0 spiro atoms. The number of aromatic nitrogens is 2. The number of aryl methyl sites for hydroxylation is 1. The molecule has 0 bridgehead atoms. The van der Waals surface area contributed by atoms with E-state index in [0.29, 0.717) is 19.7 Å². The summed E-state index contributed by atoms with van der Waals surface area (Å²) >= 11 is 0. The molecule has 0 radical (unpaired) electrons.